The van der Waals surface area contributed by atoms with E-state index in [-0.39, 0.29) is 5.75 Å². The summed E-state index contributed by atoms with van der Waals surface area (Å²) >= 11 is 0. The van der Waals surface area contributed by atoms with Gasteiger partial charge in [-0.2, -0.15) is 0 Å². The monoisotopic (exact) mass is 256 g/mol. The van der Waals surface area contributed by atoms with Gasteiger partial charge >= 0.3 is 0 Å². The Morgan fingerprint density at radius 1 is 1.16 bits per heavy atom. The summed E-state index contributed by atoms with van der Waals surface area (Å²) in [6, 6.07) is 13.9. The first kappa shape index (κ1) is 13.6. The average molecular weight is 256 g/mol. The van der Waals surface area contributed by atoms with Crippen molar-refractivity contribution in [3.05, 3.63) is 59.4 Å². The minimum Gasteiger partial charge on any atom is -0.506 e. The van der Waals surface area contributed by atoms with Crippen LogP contribution in [-0.2, 0) is 6.54 Å². The molecule has 1 unspecified atom stereocenters. The van der Waals surface area contributed by atoms with Crippen molar-refractivity contribution in [2.75, 3.05) is 6.54 Å². The number of aryl methyl sites for hydroxylation is 1. The van der Waals surface area contributed by atoms with Gasteiger partial charge in [0.1, 0.15) is 5.75 Å². The highest BCUT2D eigenvalue weighted by Gasteiger charge is 2.06. The molecular weight excluding hydrogens is 236 g/mol. The molecule has 100 valence electrons. The molecule has 3 nitrogen and oxygen atoms in total. The second kappa shape index (κ2) is 6.34. The average Bonchev–Trinajstić information content (AvgIpc) is 2.43. The third-order valence-corrected chi connectivity index (χ3v) is 3.20. The number of nitrogens with one attached hydrogen (secondary N) is 1. The fourth-order valence-corrected chi connectivity index (χ4v) is 2.04. The predicted octanol–water partition coefficient (Wildman–Crippen LogP) is 2.99. The van der Waals surface area contributed by atoms with Gasteiger partial charge in [0.2, 0.25) is 0 Å². The van der Waals surface area contributed by atoms with Crippen LogP contribution in [0.5, 0.6) is 5.75 Å². The molecule has 1 heterocycles. The van der Waals surface area contributed by atoms with Crippen molar-refractivity contribution in [2.45, 2.75) is 26.3 Å². The number of aromatic hydroxyl groups is 1. The minimum absolute atomic E-state index is 0.255. The fourth-order valence-electron chi connectivity index (χ4n) is 2.04. The molecule has 0 fully saturated rings. The van der Waals surface area contributed by atoms with E-state index in [4.69, 9.17) is 0 Å². The molecule has 1 aromatic heterocycles. The largest absolute Gasteiger partial charge is 0.506 e. The fraction of sp³-hybridized carbons (Fsp3) is 0.312. The van der Waals surface area contributed by atoms with E-state index < -0.39 is 0 Å². The lowest BCUT2D eigenvalue weighted by Crippen LogP contribution is -2.20. The van der Waals surface area contributed by atoms with Gasteiger partial charge in [0, 0.05) is 18.8 Å². The standard InChI is InChI=1S/C16H20N2O/c1-12(14-6-4-3-5-7-14)10-17-11-15-16(19)9-8-13(2)18-15/h3-9,12,17,19H,10-11H2,1-2H3. The first-order valence-electron chi connectivity index (χ1n) is 6.58. The summed E-state index contributed by atoms with van der Waals surface area (Å²) in [5, 5.41) is 13.1. The first-order chi connectivity index (χ1) is 9.16. The minimum atomic E-state index is 0.255. The Labute approximate surface area is 114 Å². The van der Waals surface area contributed by atoms with Gasteiger partial charge in [-0.15, -0.1) is 0 Å². The van der Waals surface area contributed by atoms with Crippen molar-refractivity contribution in [2.24, 2.45) is 0 Å². The van der Waals surface area contributed by atoms with Crippen LogP contribution in [0.4, 0.5) is 0 Å². The van der Waals surface area contributed by atoms with Crippen molar-refractivity contribution >= 4 is 0 Å². The number of pyridine rings is 1. The van der Waals surface area contributed by atoms with E-state index in [1.807, 2.05) is 19.1 Å². The molecule has 2 aromatic rings. The van der Waals surface area contributed by atoms with Gasteiger partial charge in [0.15, 0.2) is 0 Å². The van der Waals surface area contributed by atoms with Crippen molar-refractivity contribution < 1.29 is 5.11 Å². The van der Waals surface area contributed by atoms with E-state index in [9.17, 15) is 5.11 Å². The molecule has 0 bridgehead atoms. The van der Waals surface area contributed by atoms with Crippen molar-refractivity contribution in [1.29, 1.82) is 0 Å². The molecule has 0 saturated heterocycles. The maximum atomic E-state index is 9.71. The number of nitrogens with zero attached hydrogens (tertiary/aromatic N) is 1. The van der Waals surface area contributed by atoms with Crippen molar-refractivity contribution in [3.63, 3.8) is 0 Å². The second-order valence-corrected chi connectivity index (χ2v) is 4.86. The SMILES string of the molecule is Cc1ccc(O)c(CNCC(C)c2ccccc2)n1. The van der Waals surface area contributed by atoms with Crippen molar-refractivity contribution in [1.82, 2.24) is 10.3 Å². The molecule has 0 radical (unpaired) electrons. The molecule has 0 aliphatic carbocycles. The van der Waals surface area contributed by atoms with Crippen LogP contribution in [0, 0.1) is 6.92 Å². The number of aromatic nitrogens is 1. The summed E-state index contributed by atoms with van der Waals surface area (Å²) in [5.74, 6) is 0.693. The second-order valence-electron chi connectivity index (χ2n) is 4.86. The molecule has 0 spiro atoms. The van der Waals surface area contributed by atoms with E-state index >= 15 is 0 Å². The van der Waals surface area contributed by atoms with Gasteiger partial charge in [0.25, 0.3) is 0 Å². The molecule has 1 aromatic carbocycles. The Morgan fingerprint density at radius 3 is 2.63 bits per heavy atom. The molecule has 19 heavy (non-hydrogen) atoms. The molecule has 0 saturated carbocycles. The number of hydrogen-bond donors (Lipinski definition) is 2. The quantitative estimate of drug-likeness (QED) is 0.864. The molecule has 0 aliphatic heterocycles. The smallest absolute Gasteiger partial charge is 0.138 e. The van der Waals surface area contributed by atoms with Gasteiger partial charge in [-0.1, -0.05) is 37.3 Å². The van der Waals surface area contributed by atoms with E-state index in [0.29, 0.717) is 18.2 Å². The number of rotatable bonds is 5. The lowest BCUT2D eigenvalue weighted by Gasteiger charge is -2.13. The Balaban J connectivity index is 1.88. The van der Waals surface area contributed by atoms with E-state index in [1.54, 1.807) is 6.07 Å². The summed E-state index contributed by atoms with van der Waals surface area (Å²) in [4.78, 5) is 4.33. The van der Waals surface area contributed by atoms with Crippen LogP contribution in [0.25, 0.3) is 0 Å². The molecular formula is C16H20N2O. The van der Waals surface area contributed by atoms with Crippen molar-refractivity contribution in [3.8, 4) is 5.75 Å². The Kier molecular flexibility index (Phi) is 4.53. The van der Waals surface area contributed by atoms with Crippen LogP contribution >= 0.6 is 0 Å². The summed E-state index contributed by atoms with van der Waals surface area (Å²) in [5.41, 5.74) is 2.95. The molecule has 0 aliphatic rings. The van der Waals surface area contributed by atoms with Gasteiger partial charge in [-0.3, -0.25) is 4.98 Å². The van der Waals surface area contributed by atoms with Crippen LogP contribution in [0.3, 0.4) is 0 Å². The Morgan fingerprint density at radius 2 is 1.89 bits per heavy atom. The molecule has 2 rings (SSSR count). The topological polar surface area (TPSA) is 45.1 Å². The van der Waals surface area contributed by atoms with Gasteiger partial charge < -0.3 is 10.4 Å². The Bertz CT molecular complexity index is 526. The zero-order chi connectivity index (χ0) is 13.7. The zero-order valence-electron chi connectivity index (χ0n) is 11.4. The Hall–Kier alpha value is -1.87. The summed E-state index contributed by atoms with van der Waals surface area (Å²) in [7, 11) is 0. The molecule has 0 amide bonds. The van der Waals surface area contributed by atoms with Gasteiger partial charge in [0.05, 0.1) is 5.69 Å². The first-order valence-corrected chi connectivity index (χ1v) is 6.58. The molecule has 3 heteroatoms. The van der Waals surface area contributed by atoms with Crippen LogP contribution < -0.4 is 5.32 Å². The lowest BCUT2D eigenvalue weighted by molar-refractivity contribution is 0.458. The van der Waals surface area contributed by atoms with Gasteiger partial charge in [-0.25, -0.2) is 0 Å². The highest BCUT2D eigenvalue weighted by atomic mass is 16.3. The highest BCUT2D eigenvalue weighted by Crippen LogP contribution is 2.16. The van der Waals surface area contributed by atoms with E-state index in [2.05, 4.69) is 41.5 Å². The number of benzene rings is 1. The number of hydrogen-bond acceptors (Lipinski definition) is 3. The van der Waals surface area contributed by atoms with Crippen LogP contribution in [0.1, 0.15) is 29.8 Å². The van der Waals surface area contributed by atoms with Crippen LogP contribution in [0.15, 0.2) is 42.5 Å². The molecule has 2 N–H and O–H groups in total. The lowest BCUT2D eigenvalue weighted by atomic mass is 10.0. The molecule has 1 atom stereocenters. The van der Waals surface area contributed by atoms with E-state index in [1.165, 1.54) is 5.56 Å². The maximum absolute atomic E-state index is 9.71. The van der Waals surface area contributed by atoms with Gasteiger partial charge in [-0.05, 0) is 30.5 Å². The van der Waals surface area contributed by atoms with Crippen LogP contribution in [0.2, 0.25) is 0 Å². The summed E-state index contributed by atoms with van der Waals surface area (Å²) < 4.78 is 0. The maximum Gasteiger partial charge on any atom is 0.138 e. The normalized spacial score (nSPS) is 12.3. The zero-order valence-corrected chi connectivity index (χ0v) is 11.4. The summed E-state index contributed by atoms with van der Waals surface area (Å²) in [6.45, 7) is 5.56. The summed E-state index contributed by atoms with van der Waals surface area (Å²) in [6.07, 6.45) is 0. The van der Waals surface area contributed by atoms with E-state index in [0.717, 1.165) is 12.2 Å². The van der Waals surface area contributed by atoms with Crippen LogP contribution in [-0.4, -0.2) is 16.6 Å². The third-order valence-electron chi connectivity index (χ3n) is 3.20. The highest BCUT2D eigenvalue weighted by molar-refractivity contribution is 5.27. The predicted molar refractivity (Wildman–Crippen MR) is 77.2 cm³/mol. The third kappa shape index (κ3) is 3.80.